The minimum Gasteiger partial charge on any atom is -0.480 e. The van der Waals surface area contributed by atoms with Gasteiger partial charge in [0.2, 0.25) is 0 Å². The van der Waals surface area contributed by atoms with Gasteiger partial charge in [0.1, 0.15) is 6.04 Å². The number of aliphatic carboxylic acids is 1. The van der Waals surface area contributed by atoms with Crippen LogP contribution >= 0.6 is 0 Å². The van der Waals surface area contributed by atoms with Crippen LogP contribution < -0.4 is 5.32 Å². The number of urea groups is 1. The van der Waals surface area contributed by atoms with Crippen LogP contribution in [0.5, 0.6) is 0 Å². The Morgan fingerprint density at radius 1 is 1.33 bits per heavy atom. The van der Waals surface area contributed by atoms with E-state index >= 15 is 0 Å². The molecule has 0 spiro atoms. The molecule has 2 N–H and O–H groups in total. The Bertz CT molecular complexity index is 404. The third-order valence-electron chi connectivity index (χ3n) is 2.58. The molecular formula is C13H20N2O6. The molecule has 0 bridgehead atoms. The highest BCUT2D eigenvalue weighted by Gasteiger charge is 2.22. The molecule has 1 atom stereocenters. The van der Waals surface area contributed by atoms with Crippen molar-refractivity contribution in [2.75, 3.05) is 33.9 Å². The van der Waals surface area contributed by atoms with E-state index < -0.39 is 24.0 Å². The molecule has 0 aliphatic carbocycles. The maximum atomic E-state index is 12.0. The lowest BCUT2D eigenvalue weighted by Gasteiger charge is -2.24. The predicted molar refractivity (Wildman–Crippen MR) is 73.5 cm³/mol. The van der Waals surface area contributed by atoms with Gasteiger partial charge in [0, 0.05) is 26.6 Å². The second-order valence-electron chi connectivity index (χ2n) is 4.05. The summed E-state index contributed by atoms with van der Waals surface area (Å²) < 4.78 is 9.36. The zero-order valence-corrected chi connectivity index (χ0v) is 12.1. The van der Waals surface area contributed by atoms with E-state index in [1.807, 2.05) is 0 Å². The third-order valence-corrected chi connectivity index (χ3v) is 2.58. The second kappa shape index (κ2) is 10.5. The summed E-state index contributed by atoms with van der Waals surface area (Å²) in [7, 11) is 2.71. The Labute approximate surface area is 123 Å². The zero-order chi connectivity index (χ0) is 16.3. The van der Waals surface area contributed by atoms with Gasteiger partial charge in [-0.2, -0.15) is 0 Å². The van der Waals surface area contributed by atoms with Crippen molar-refractivity contribution >= 4 is 18.0 Å². The molecule has 1 unspecified atom stereocenters. The first kappa shape index (κ1) is 18.7. The quantitative estimate of drug-likeness (QED) is 0.447. The van der Waals surface area contributed by atoms with Crippen LogP contribution in [0.1, 0.15) is 12.8 Å². The van der Waals surface area contributed by atoms with E-state index in [1.165, 1.54) is 19.1 Å². The molecule has 8 heteroatoms. The number of esters is 1. The lowest BCUT2D eigenvalue weighted by Crippen LogP contribution is -2.49. The van der Waals surface area contributed by atoms with Crippen molar-refractivity contribution in [3.05, 3.63) is 0 Å². The molecular weight excluding hydrogens is 280 g/mol. The summed E-state index contributed by atoms with van der Waals surface area (Å²) in [5.41, 5.74) is 0. The number of hydrogen-bond donors (Lipinski definition) is 2. The van der Waals surface area contributed by atoms with Crippen LogP contribution in [-0.2, 0) is 19.1 Å². The number of amides is 2. The monoisotopic (exact) mass is 300 g/mol. The Morgan fingerprint density at radius 2 is 2.00 bits per heavy atom. The van der Waals surface area contributed by atoms with Crippen LogP contribution in [0.3, 0.4) is 0 Å². The molecule has 0 heterocycles. The number of nitrogens with zero attached hydrogens (tertiary/aromatic N) is 1. The highest BCUT2D eigenvalue weighted by atomic mass is 16.5. The maximum Gasteiger partial charge on any atom is 0.327 e. The van der Waals surface area contributed by atoms with Crippen LogP contribution in [-0.4, -0.2) is 67.9 Å². The number of terminal acetylenes is 1. The summed E-state index contributed by atoms with van der Waals surface area (Å²) >= 11 is 0. The van der Waals surface area contributed by atoms with Gasteiger partial charge in [-0.3, -0.25) is 4.79 Å². The van der Waals surface area contributed by atoms with Gasteiger partial charge in [0.05, 0.1) is 20.1 Å². The van der Waals surface area contributed by atoms with E-state index in [0.717, 1.165) is 0 Å². The van der Waals surface area contributed by atoms with E-state index in [1.54, 1.807) is 0 Å². The number of carboxylic acids is 1. The minimum absolute atomic E-state index is 0.000507. The summed E-state index contributed by atoms with van der Waals surface area (Å²) in [5, 5.41) is 11.2. The Hall–Kier alpha value is -2.27. The van der Waals surface area contributed by atoms with Crippen LogP contribution in [0.2, 0.25) is 0 Å². The Kier molecular flexibility index (Phi) is 9.37. The topological polar surface area (TPSA) is 105 Å². The molecule has 0 rings (SSSR count). The lowest BCUT2D eigenvalue weighted by atomic mass is 10.2. The maximum absolute atomic E-state index is 12.0. The summed E-state index contributed by atoms with van der Waals surface area (Å²) in [6.45, 7) is 0.549. The molecule has 0 saturated heterocycles. The van der Waals surface area contributed by atoms with Gasteiger partial charge in [0.25, 0.3) is 0 Å². The van der Waals surface area contributed by atoms with Crippen LogP contribution in [0.15, 0.2) is 0 Å². The smallest absolute Gasteiger partial charge is 0.327 e. The molecule has 21 heavy (non-hydrogen) atoms. The number of hydrogen-bond acceptors (Lipinski definition) is 5. The summed E-state index contributed by atoms with van der Waals surface area (Å²) in [5.74, 6) is 0.493. The molecule has 8 nitrogen and oxygen atoms in total. The first-order valence-corrected chi connectivity index (χ1v) is 6.23. The molecule has 118 valence electrons. The average Bonchev–Trinajstić information content (AvgIpc) is 2.46. The number of methoxy groups -OCH3 is 2. The first-order chi connectivity index (χ1) is 9.96. The van der Waals surface area contributed by atoms with Crippen molar-refractivity contribution in [3.63, 3.8) is 0 Å². The number of nitrogens with one attached hydrogen (secondary N) is 1. The lowest BCUT2D eigenvalue weighted by molar-refractivity contribution is -0.141. The highest BCUT2D eigenvalue weighted by Crippen LogP contribution is 1.98. The van der Waals surface area contributed by atoms with Gasteiger partial charge in [-0.1, -0.05) is 0 Å². The molecule has 2 amide bonds. The van der Waals surface area contributed by atoms with Crippen molar-refractivity contribution in [2.24, 2.45) is 0 Å². The number of carboxylic acid groups (broad SMARTS) is 1. The predicted octanol–water partition coefficient (Wildman–Crippen LogP) is -0.316. The van der Waals surface area contributed by atoms with Gasteiger partial charge in [-0.25, -0.2) is 9.59 Å². The molecule has 0 aliphatic heterocycles. The van der Waals surface area contributed by atoms with Crippen LogP contribution in [0, 0.1) is 12.3 Å². The third kappa shape index (κ3) is 7.79. The molecule has 0 aliphatic rings. The van der Waals surface area contributed by atoms with E-state index in [4.69, 9.17) is 16.3 Å². The molecule has 0 fully saturated rings. The first-order valence-electron chi connectivity index (χ1n) is 6.23. The van der Waals surface area contributed by atoms with Crippen molar-refractivity contribution < 1.29 is 29.0 Å². The van der Waals surface area contributed by atoms with Gasteiger partial charge < -0.3 is 24.8 Å². The van der Waals surface area contributed by atoms with Crippen molar-refractivity contribution in [1.29, 1.82) is 0 Å². The summed E-state index contributed by atoms with van der Waals surface area (Å²) in [6, 6.07) is -1.80. The SMILES string of the molecule is C#CCC(NC(=O)N(CCOC)CCC(=O)OC)C(=O)O. The summed E-state index contributed by atoms with van der Waals surface area (Å²) in [6.07, 6.45) is 4.93. The average molecular weight is 300 g/mol. The van der Waals surface area contributed by atoms with Gasteiger partial charge in [-0.15, -0.1) is 12.3 Å². The standard InChI is InChI=1S/C13H20N2O6/c1-4-5-10(12(17)18)14-13(19)15(8-9-20-2)7-6-11(16)21-3/h1,10H,5-9H2,2-3H3,(H,14,19)(H,17,18). The van der Waals surface area contributed by atoms with E-state index in [0.29, 0.717) is 0 Å². The fraction of sp³-hybridized carbons (Fsp3) is 0.615. The molecule has 0 aromatic carbocycles. The minimum atomic E-state index is -1.22. The molecule has 0 radical (unpaired) electrons. The number of rotatable bonds is 9. The molecule has 0 saturated carbocycles. The number of carbonyl (C=O) groups is 3. The molecule has 0 aromatic rings. The molecule has 0 aromatic heterocycles. The van der Waals surface area contributed by atoms with Crippen molar-refractivity contribution in [2.45, 2.75) is 18.9 Å². The van der Waals surface area contributed by atoms with Gasteiger partial charge in [0.15, 0.2) is 0 Å². The van der Waals surface area contributed by atoms with Crippen molar-refractivity contribution in [1.82, 2.24) is 10.2 Å². The highest BCUT2D eigenvalue weighted by molar-refractivity contribution is 5.83. The second-order valence-corrected chi connectivity index (χ2v) is 4.05. The van der Waals surface area contributed by atoms with Crippen molar-refractivity contribution in [3.8, 4) is 12.3 Å². The van der Waals surface area contributed by atoms with Gasteiger partial charge in [-0.05, 0) is 0 Å². The summed E-state index contributed by atoms with van der Waals surface area (Å²) in [4.78, 5) is 35.3. The fourth-order valence-corrected chi connectivity index (χ4v) is 1.40. The van der Waals surface area contributed by atoms with Crippen LogP contribution in [0.4, 0.5) is 4.79 Å². The van der Waals surface area contributed by atoms with Gasteiger partial charge >= 0.3 is 18.0 Å². The van der Waals surface area contributed by atoms with E-state index in [9.17, 15) is 14.4 Å². The normalized spacial score (nSPS) is 11.1. The Morgan fingerprint density at radius 3 is 2.48 bits per heavy atom. The Balaban J connectivity index is 4.64. The fourth-order valence-electron chi connectivity index (χ4n) is 1.40. The number of ether oxygens (including phenoxy) is 2. The van der Waals surface area contributed by atoms with Crippen LogP contribution in [0.25, 0.3) is 0 Å². The number of carbonyl (C=O) groups excluding carboxylic acids is 2. The largest absolute Gasteiger partial charge is 0.480 e. The zero-order valence-electron chi connectivity index (χ0n) is 12.1. The van der Waals surface area contributed by atoms with E-state index in [-0.39, 0.29) is 32.5 Å². The van der Waals surface area contributed by atoms with E-state index in [2.05, 4.69) is 16.0 Å².